The average Bonchev–Trinajstić information content (AvgIpc) is 3.02. The number of esters is 1. The molecule has 0 saturated carbocycles. The summed E-state index contributed by atoms with van der Waals surface area (Å²) in [5, 5.41) is 3.72. The van der Waals surface area contributed by atoms with E-state index in [1.165, 1.54) is 35.6 Å². The van der Waals surface area contributed by atoms with E-state index < -0.39 is 24.3 Å². The zero-order valence-electron chi connectivity index (χ0n) is 14.2. The lowest BCUT2D eigenvalue weighted by Gasteiger charge is -2.06. The van der Waals surface area contributed by atoms with Gasteiger partial charge >= 0.3 is 5.97 Å². The Balaban J connectivity index is 1.62. The van der Waals surface area contributed by atoms with Gasteiger partial charge in [0, 0.05) is 16.3 Å². The van der Waals surface area contributed by atoms with Gasteiger partial charge in [0.1, 0.15) is 15.7 Å². The van der Waals surface area contributed by atoms with Crippen molar-refractivity contribution in [1.82, 2.24) is 4.98 Å². The largest absolute Gasteiger partial charge is 0.451 e. The minimum atomic E-state index is -0.639. The predicted octanol–water partition coefficient (Wildman–Crippen LogP) is 4.71. The summed E-state index contributed by atoms with van der Waals surface area (Å²) in [5.74, 6) is -1.67. The molecule has 5 nitrogen and oxygen atoms in total. The van der Waals surface area contributed by atoms with Gasteiger partial charge in [-0.1, -0.05) is 29.8 Å². The van der Waals surface area contributed by atoms with Crippen molar-refractivity contribution in [1.29, 1.82) is 0 Å². The molecular formula is C19H14ClFN2O3S. The molecular weight excluding hydrogens is 391 g/mol. The van der Waals surface area contributed by atoms with Gasteiger partial charge in [-0.3, -0.25) is 4.79 Å². The molecule has 27 heavy (non-hydrogen) atoms. The first-order valence-corrected chi connectivity index (χ1v) is 9.08. The molecule has 2 aromatic carbocycles. The first kappa shape index (κ1) is 19.0. The van der Waals surface area contributed by atoms with E-state index in [2.05, 4.69) is 10.3 Å². The third kappa shape index (κ3) is 4.90. The highest BCUT2D eigenvalue weighted by Crippen LogP contribution is 2.29. The maximum atomic E-state index is 13.1. The van der Waals surface area contributed by atoms with Crippen molar-refractivity contribution < 1.29 is 18.7 Å². The van der Waals surface area contributed by atoms with E-state index in [0.717, 1.165) is 5.56 Å². The van der Waals surface area contributed by atoms with Gasteiger partial charge in [-0.05, 0) is 37.3 Å². The summed E-state index contributed by atoms with van der Waals surface area (Å²) in [7, 11) is 0. The number of thiazole rings is 1. The molecule has 0 unspecified atom stereocenters. The summed E-state index contributed by atoms with van der Waals surface area (Å²) >= 11 is 7.05. The molecule has 0 spiro atoms. The Morgan fingerprint density at radius 3 is 2.67 bits per heavy atom. The molecule has 0 saturated heterocycles. The first-order valence-electron chi connectivity index (χ1n) is 7.88. The molecule has 0 atom stereocenters. The molecule has 0 radical (unpaired) electrons. The number of ether oxygens (including phenoxy) is 1. The second kappa shape index (κ2) is 8.28. The van der Waals surface area contributed by atoms with Crippen LogP contribution >= 0.6 is 22.9 Å². The normalized spacial score (nSPS) is 10.5. The van der Waals surface area contributed by atoms with Crippen LogP contribution in [0.4, 0.5) is 10.1 Å². The van der Waals surface area contributed by atoms with Crippen LogP contribution in [0.15, 0.2) is 48.5 Å². The number of carbonyl (C=O) groups is 2. The Morgan fingerprint density at radius 2 is 1.96 bits per heavy atom. The second-order valence-electron chi connectivity index (χ2n) is 5.58. The van der Waals surface area contributed by atoms with Crippen molar-refractivity contribution >= 4 is 40.5 Å². The third-order valence-corrected chi connectivity index (χ3v) is 4.95. The van der Waals surface area contributed by atoms with Crippen LogP contribution < -0.4 is 5.32 Å². The molecule has 0 fully saturated rings. The van der Waals surface area contributed by atoms with E-state index in [1.54, 1.807) is 19.1 Å². The van der Waals surface area contributed by atoms with Gasteiger partial charge in [-0.25, -0.2) is 14.2 Å². The van der Waals surface area contributed by atoms with Crippen LogP contribution in [0.25, 0.3) is 10.6 Å². The smallest absolute Gasteiger partial charge is 0.350 e. The van der Waals surface area contributed by atoms with Gasteiger partial charge in [0.2, 0.25) is 0 Å². The zero-order chi connectivity index (χ0) is 19.4. The number of nitrogens with zero attached hydrogens (tertiary/aromatic N) is 1. The highest BCUT2D eigenvalue weighted by atomic mass is 35.5. The number of benzene rings is 2. The summed E-state index contributed by atoms with van der Waals surface area (Å²) in [4.78, 5) is 28.8. The fourth-order valence-electron chi connectivity index (χ4n) is 2.26. The van der Waals surface area contributed by atoms with Crippen LogP contribution in [0.3, 0.4) is 0 Å². The van der Waals surface area contributed by atoms with Crippen molar-refractivity contribution in [3.05, 3.63) is 69.9 Å². The molecule has 3 rings (SSSR count). The minimum absolute atomic E-state index is 0.287. The maximum absolute atomic E-state index is 13.1. The fourth-order valence-corrected chi connectivity index (χ4v) is 3.35. The topological polar surface area (TPSA) is 68.3 Å². The summed E-state index contributed by atoms with van der Waals surface area (Å²) < 4.78 is 18.2. The highest BCUT2D eigenvalue weighted by Gasteiger charge is 2.18. The first-order chi connectivity index (χ1) is 12.9. The van der Waals surface area contributed by atoms with E-state index in [1.807, 2.05) is 12.1 Å². The Bertz CT molecular complexity index is 989. The quantitative estimate of drug-likeness (QED) is 0.625. The fraction of sp³-hybridized carbons (Fsp3) is 0.105. The minimum Gasteiger partial charge on any atom is -0.451 e. The van der Waals surface area contributed by atoms with E-state index in [0.29, 0.717) is 20.6 Å². The highest BCUT2D eigenvalue weighted by molar-refractivity contribution is 7.17. The lowest BCUT2D eigenvalue weighted by molar-refractivity contribution is -0.119. The zero-order valence-corrected chi connectivity index (χ0v) is 15.7. The van der Waals surface area contributed by atoms with E-state index >= 15 is 0 Å². The van der Waals surface area contributed by atoms with E-state index in [9.17, 15) is 14.0 Å². The van der Waals surface area contributed by atoms with Crippen LogP contribution in [0.5, 0.6) is 0 Å². The molecule has 1 N–H and O–H groups in total. The van der Waals surface area contributed by atoms with Crippen molar-refractivity contribution in [3.63, 3.8) is 0 Å². The van der Waals surface area contributed by atoms with E-state index in [-0.39, 0.29) is 5.69 Å². The number of halogens is 2. The van der Waals surface area contributed by atoms with Gasteiger partial charge in [0.15, 0.2) is 6.61 Å². The third-order valence-electron chi connectivity index (χ3n) is 3.52. The Morgan fingerprint density at radius 1 is 1.22 bits per heavy atom. The Labute approximate surface area is 163 Å². The molecule has 138 valence electrons. The number of nitrogens with one attached hydrogen (secondary N) is 1. The van der Waals surface area contributed by atoms with Crippen LogP contribution in [-0.2, 0) is 9.53 Å². The molecule has 0 aliphatic rings. The molecule has 0 bridgehead atoms. The van der Waals surface area contributed by atoms with Gasteiger partial charge in [0.25, 0.3) is 5.91 Å². The van der Waals surface area contributed by atoms with Crippen LogP contribution in [0.1, 0.15) is 15.4 Å². The number of aromatic nitrogens is 1. The Kier molecular flexibility index (Phi) is 5.83. The summed E-state index contributed by atoms with van der Waals surface area (Å²) in [5.41, 5.74) is 1.63. The predicted molar refractivity (Wildman–Crippen MR) is 103 cm³/mol. The van der Waals surface area contributed by atoms with Crippen LogP contribution in [-0.4, -0.2) is 23.5 Å². The van der Waals surface area contributed by atoms with Crippen molar-refractivity contribution in [2.75, 3.05) is 11.9 Å². The van der Waals surface area contributed by atoms with E-state index in [4.69, 9.17) is 16.3 Å². The van der Waals surface area contributed by atoms with Gasteiger partial charge in [-0.2, -0.15) is 0 Å². The number of rotatable bonds is 5. The number of hydrogen-bond acceptors (Lipinski definition) is 5. The molecule has 8 heteroatoms. The number of aryl methyl sites for hydroxylation is 1. The standard InChI is InChI=1S/C19H14ClFN2O3S/c1-11-17(27-18(22-11)12-5-7-13(20)8-6-12)19(25)26-10-16(24)23-15-4-2-3-14(21)9-15/h2-9H,10H2,1H3,(H,23,24). The van der Waals surface area contributed by atoms with Crippen molar-refractivity contribution in [2.24, 2.45) is 0 Å². The second-order valence-corrected chi connectivity index (χ2v) is 7.01. The monoisotopic (exact) mass is 404 g/mol. The van der Waals surface area contributed by atoms with Crippen LogP contribution in [0.2, 0.25) is 5.02 Å². The number of carbonyl (C=O) groups excluding carboxylic acids is 2. The average molecular weight is 405 g/mol. The van der Waals surface area contributed by atoms with Crippen molar-refractivity contribution in [3.8, 4) is 10.6 Å². The number of amides is 1. The molecule has 1 amide bonds. The van der Waals surface area contributed by atoms with Crippen molar-refractivity contribution in [2.45, 2.75) is 6.92 Å². The number of hydrogen-bond donors (Lipinski definition) is 1. The number of anilines is 1. The van der Waals surface area contributed by atoms with Crippen LogP contribution in [0, 0.1) is 12.7 Å². The SMILES string of the molecule is Cc1nc(-c2ccc(Cl)cc2)sc1C(=O)OCC(=O)Nc1cccc(F)c1. The molecule has 0 aliphatic heterocycles. The van der Waals surface area contributed by atoms with Gasteiger partial charge in [-0.15, -0.1) is 11.3 Å². The molecule has 3 aromatic rings. The molecule has 0 aliphatic carbocycles. The maximum Gasteiger partial charge on any atom is 0.350 e. The summed E-state index contributed by atoms with van der Waals surface area (Å²) in [6, 6.07) is 12.5. The lowest BCUT2D eigenvalue weighted by Crippen LogP contribution is -2.20. The summed E-state index contributed by atoms with van der Waals surface area (Å²) in [6.07, 6.45) is 0. The molecule has 1 heterocycles. The van der Waals surface area contributed by atoms with Gasteiger partial charge < -0.3 is 10.1 Å². The Hall–Kier alpha value is -2.77. The summed E-state index contributed by atoms with van der Waals surface area (Å²) in [6.45, 7) is 1.21. The molecule has 1 aromatic heterocycles. The van der Waals surface area contributed by atoms with Gasteiger partial charge in [0.05, 0.1) is 5.69 Å². The lowest BCUT2D eigenvalue weighted by atomic mass is 10.2.